The van der Waals surface area contributed by atoms with E-state index in [9.17, 15) is 13.2 Å². The second-order valence-corrected chi connectivity index (χ2v) is 8.68. The molecule has 1 heterocycles. The average molecular weight is 393 g/mol. The van der Waals surface area contributed by atoms with E-state index in [-0.39, 0.29) is 15.8 Å². The van der Waals surface area contributed by atoms with Gasteiger partial charge in [0.05, 0.1) is 21.2 Å². The number of anilines is 1. The Morgan fingerprint density at radius 1 is 1.12 bits per heavy atom. The fourth-order valence-corrected chi connectivity index (χ4v) is 4.28. The van der Waals surface area contributed by atoms with E-state index in [1.165, 1.54) is 18.2 Å². The van der Waals surface area contributed by atoms with Crippen molar-refractivity contribution in [2.75, 3.05) is 17.8 Å². The topological polar surface area (TPSA) is 66.5 Å². The van der Waals surface area contributed by atoms with Crippen LogP contribution >= 0.6 is 11.6 Å². The largest absolute Gasteiger partial charge is 0.339 e. The Bertz CT molecular complexity index is 892. The Balaban J connectivity index is 1.76. The van der Waals surface area contributed by atoms with Gasteiger partial charge in [0.2, 0.25) is 0 Å². The van der Waals surface area contributed by atoms with Crippen LogP contribution in [0.25, 0.3) is 0 Å². The Kier molecular flexibility index (Phi) is 5.53. The quantitative estimate of drug-likeness (QED) is 0.854. The summed E-state index contributed by atoms with van der Waals surface area (Å²) in [5.74, 6) is 0.517. The van der Waals surface area contributed by atoms with Crippen LogP contribution in [-0.2, 0) is 10.0 Å². The molecular weight excluding hydrogens is 372 g/mol. The minimum Gasteiger partial charge on any atom is -0.339 e. The molecular formula is C19H21ClN2O3S. The molecule has 7 heteroatoms. The zero-order valence-electron chi connectivity index (χ0n) is 14.5. The molecule has 0 saturated carbocycles. The molecule has 0 aliphatic carbocycles. The second-order valence-electron chi connectivity index (χ2n) is 6.59. The summed E-state index contributed by atoms with van der Waals surface area (Å²) < 4.78 is 27.3. The molecule has 1 fully saturated rings. The fraction of sp³-hybridized carbons (Fsp3) is 0.316. The standard InChI is InChI=1S/C19H21ClN2O3S/c1-14-9-11-22(12-10-14)19(23)17-8-7-15(13-18(17)20)21-26(24,25)16-5-3-2-4-6-16/h2-8,13-14,21H,9-12H2,1H3. The summed E-state index contributed by atoms with van der Waals surface area (Å²) in [6, 6.07) is 12.7. The van der Waals surface area contributed by atoms with Crippen LogP contribution in [0.15, 0.2) is 53.4 Å². The number of nitrogens with zero attached hydrogens (tertiary/aromatic N) is 1. The number of halogens is 1. The van der Waals surface area contributed by atoms with Crippen molar-refractivity contribution in [1.82, 2.24) is 4.90 Å². The van der Waals surface area contributed by atoms with Crippen LogP contribution in [0.5, 0.6) is 0 Å². The van der Waals surface area contributed by atoms with Gasteiger partial charge in [-0.1, -0.05) is 36.7 Å². The molecule has 1 saturated heterocycles. The van der Waals surface area contributed by atoms with Gasteiger partial charge in [0.25, 0.3) is 15.9 Å². The van der Waals surface area contributed by atoms with Crippen molar-refractivity contribution in [2.45, 2.75) is 24.7 Å². The van der Waals surface area contributed by atoms with Crippen LogP contribution < -0.4 is 4.72 Å². The molecule has 26 heavy (non-hydrogen) atoms. The van der Waals surface area contributed by atoms with Crippen LogP contribution in [0.2, 0.25) is 5.02 Å². The molecule has 0 spiro atoms. The highest BCUT2D eigenvalue weighted by molar-refractivity contribution is 7.92. The van der Waals surface area contributed by atoms with Crippen molar-refractivity contribution in [1.29, 1.82) is 0 Å². The lowest BCUT2D eigenvalue weighted by Gasteiger charge is -2.30. The smallest absolute Gasteiger partial charge is 0.261 e. The van der Waals surface area contributed by atoms with E-state index in [0.29, 0.717) is 17.2 Å². The predicted octanol–water partition coefficient (Wildman–Crippen LogP) is 4.01. The van der Waals surface area contributed by atoms with Gasteiger partial charge in [-0.15, -0.1) is 0 Å². The van der Waals surface area contributed by atoms with Gasteiger partial charge < -0.3 is 4.90 Å². The van der Waals surface area contributed by atoms with E-state index in [0.717, 1.165) is 25.9 Å². The van der Waals surface area contributed by atoms with Gasteiger partial charge in [0, 0.05) is 13.1 Å². The number of sulfonamides is 1. The van der Waals surface area contributed by atoms with Crippen molar-refractivity contribution in [2.24, 2.45) is 5.92 Å². The summed E-state index contributed by atoms with van der Waals surface area (Å²) in [6.07, 6.45) is 1.97. The highest BCUT2D eigenvalue weighted by Crippen LogP contribution is 2.26. The maximum absolute atomic E-state index is 12.6. The fourth-order valence-electron chi connectivity index (χ4n) is 2.95. The predicted molar refractivity (Wildman–Crippen MR) is 103 cm³/mol. The lowest BCUT2D eigenvalue weighted by molar-refractivity contribution is 0.0697. The molecule has 1 aliphatic rings. The third-order valence-corrected chi connectivity index (χ3v) is 6.29. The maximum atomic E-state index is 12.6. The molecule has 138 valence electrons. The monoisotopic (exact) mass is 392 g/mol. The average Bonchev–Trinajstić information content (AvgIpc) is 2.62. The van der Waals surface area contributed by atoms with Crippen molar-refractivity contribution in [3.8, 4) is 0 Å². The molecule has 0 atom stereocenters. The Hall–Kier alpha value is -2.05. The molecule has 3 rings (SSSR count). The van der Waals surface area contributed by atoms with Crippen molar-refractivity contribution in [3.05, 3.63) is 59.1 Å². The summed E-state index contributed by atoms with van der Waals surface area (Å²) in [5.41, 5.74) is 0.714. The van der Waals surface area contributed by atoms with Gasteiger partial charge in [-0.25, -0.2) is 8.42 Å². The van der Waals surface area contributed by atoms with E-state index < -0.39 is 10.0 Å². The van der Waals surface area contributed by atoms with Crippen molar-refractivity contribution < 1.29 is 13.2 Å². The first-order valence-electron chi connectivity index (χ1n) is 8.53. The van der Waals surface area contributed by atoms with Crippen LogP contribution in [0, 0.1) is 5.92 Å². The third kappa shape index (κ3) is 4.19. The summed E-state index contributed by atoms with van der Waals surface area (Å²) in [5, 5.41) is 0.238. The summed E-state index contributed by atoms with van der Waals surface area (Å²) in [6.45, 7) is 3.62. The lowest BCUT2D eigenvalue weighted by Crippen LogP contribution is -2.38. The molecule has 0 radical (unpaired) electrons. The zero-order valence-corrected chi connectivity index (χ0v) is 16.1. The van der Waals surface area contributed by atoms with E-state index in [1.54, 1.807) is 35.2 Å². The van der Waals surface area contributed by atoms with Gasteiger partial charge in [-0.05, 0) is 49.1 Å². The van der Waals surface area contributed by atoms with Gasteiger partial charge in [0.1, 0.15) is 0 Å². The SMILES string of the molecule is CC1CCN(C(=O)c2ccc(NS(=O)(=O)c3ccccc3)cc2Cl)CC1. The minimum atomic E-state index is -3.69. The van der Waals surface area contributed by atoms with Gasteiger partial charge >= 0.3 is 0 Å². The molecule has 2 aromatic carbocycles. The van der Waals surface area contributed by atoms with Crippen LogP contribution in [0.4, 0.5) is 5.69 Å². The number of likely N-dealkylation sites (tertiary alicyclic amines) is 1. The number of carbonyl (C=O) groups excluding carboxylic acids is 1. The summed E-state index contributed by atoms with van der Waals surface area (Å²) >= 11 is 6.26. The number of hydrogen-bond donors (Lipinski definition) is 1. The van der Waals surface area contributed by atoms with E-state index in [2.05, 4.69) is 11.6 Å². The van der Waals surface area contributed by atoms with E-state index >= 15 is 0 Å². The summed E-state index contributed by atoms with van der Waals surface area (Å²) in [7, 11) is -3.69. The molecule has 0 aromatic heterocycles. The van der Waals surface area contributed by atoms with Crippen LogP contribution in [-0.4, -0.2) is 32.3 Å². The second kappa shape index (κ2) is 7.68. The van der Waals surface area contributed by atoms with E-state index in [4.69, 9.17) is 11.6 Å². The normalized spacial score (nSPS) is 15.7. The molecule has 2 aromatic rings. The van der Waals surface area contributed by atoms with Gasteiger partial charge in [-0.3, -0.25) is 9.52 Å². The first kappa shape index (κ1) is 18.7. The third-order valence-electron chi connectivity index (χ3n) is 4.58. The Morgan fingerprint density at radius 3 is 2.38 bits per heavy atom. The number of piperidine rings is 1. The number of carbonyl (C=O) groups is 1. The van der Waals surface area contributed by atoms with Gasteiger partial charge in [0.15, 0.2) is 0 Å². The first-order valence-corrected chi connectivity index (χ1v) is 10.4. The minimum absolute atomic E-state index is 0.112. The Morgan fingerprint density at radius 2 is 1.77 bits per heavy atom. The zero-order chi connectivity index (χ0) is 18.7. The van der Waals surface area contributed by atoms with Crippen molar-refractivity contribution >= 4 is 33.2 Å². The van der Waals surface area contributed by atoms with Crippen molar-refractivity contribution in [3.63, 3.8) is 0 Å². The molecule has 0 unspecified atom stereocenters. The first-order chi connectivity index (χ1) is 12.4. The number of hydrogen-bond acceptors (Lipinski definition) is 3. The highest BCUT2D eigenvalue weighted by Gasteiger charge is 2.23. The van der Waals surface area contributed by atoms with E-state index in [1.807, 2.05) is 0 Å². The summed E-state index contributed by atoms with van der Waals surface area (Å²) in [4.78, 5) is 14.6. The maximum Gasteiger partial charge on any atom is 0.261 e. The molecule has 0 bridgehead atoms. The van der Waals surface area contributed by atoms with Crippen LogP contribution in [0.1, 0.15) is 30.1 Å². The highest BCUT2D eigenvalue weighted by atomic mass is 35.5. The number of nitrogens with one attached hydrogen (secondary N) is 1. The molecule has 1 aliphatic heterocycles. The Labute approximate surface area is 159 Å². The number of rotatable bonds is 4. The van der Waals surface area contributed by atoms with Crippen LogP contribution in [0.3, 0.4) is 0 Å². The van der Waals surface area contributed by atoms with Gasteiger partial charge in [-0.2, -0.15) is 0 Å². The number of amides is 1. The number of benzene rings is 2. The molecule has 1 amide bonds. The lowest BCUT2D eigenvalue weighted by atomic mass is 9.98. The molecule has 5 nitrogen and oxygen atoms in total. The molecule has 1 N–H and O–H groups in total.